The Morgan fingerprint density at radius 3 is 1.20 bits per heavy atom. The van der Waals surface area contributed by atoms with E-state index in [-0.39, 0.29) is 0 Å². The van der Waals surface area contributed by atoms with E-state index in [0.29, 0.717) is 80.3 Å². The smallest absolute Gasteiger partial charge is 0.426 e. The van der Waals surface area contributed by atoms with Crippen molar-refractivity contribution >= 4 is 39.6 Å². The average molecular weight is 763 g/mol. The first kappa shape index (κ1) is 43.8. The Kier molecular flexibility index (Phi) is 14.0. The van der Waals surface area contributed by atoms with E-state index in [1.165, 1.54) is 25.0 Å². The molecule has 0 bridgehead atoms. The van der Waals surface area contributed by atoms with Crippen LogP contribution in [0.15, 0.2) is 71.8 Å². The zero-order valence-electron chi connectivity index (χ0n) is 36.1. The van der Waals surface area contributed by atoms with Crippen LogP contribution in [-0.4, -0.2) is 18.1 Å². The fourth-order valence-corrected chi connectivity index (χ4v) is 8.10. The number of carbonyl (C=O) groups excluding carboxylic acids is 3. The quantitative estimate of drug-likeness (QED) is 0.0547. The van der Waals surface area contributed by atoms with Crippen LogP contribution in [0.25, 0.3) is 21.5 Å². The molecule has 0 unspecified atom stereocenters. The van der Waals surface area contributed by atoms with Crippen molar-refractivity contribution < 1.29 is 33.3 Å². The highest BCUT2D eigenvalue weighted by molar-refractivity contribution is 6.00. The lowest BCUT2D eigenvalue weighted by atomic mass is 9.76. The molecule has 7 nitrogen and oxygen atoms in total. The number of hydrogen-bond donors (Lipinski definition) is 0. The van der Waals surface area contributed by atoms with E-state index >= 15 is 0 Å². The summed E-state index contributed by atoms with van der Waals surface area (Å²) in [6, 6.07) is 14.9. The zero-order valence-corrected chi connectivity index (χ0v) is 36.1. The van der Waals surface area contributed by atoms with Crippen molar-refractivity contribution in [3.8, 4) is 23.0 Å². The summed E-state index contributed by atoms with van der Waals surface area (Å²) >= 11 is 0. The maximum atomic E-state index is 14.4. The van der Waals surface area contributed by atoms with Crippen molar-refractivity contribution in [2.45, 2.75) is 133 Å². The molecule has 0 spiro atoms. The molecule has 0 aliphatic carbocycles. The summed E-state index contributed by atoms with van der Waals surface area (Å²) in [4.78, 5) is 39.4. The van der Waals surface area contributed by atoms with Gasteiger partial charge in [0, 0.05) is 52.1 Å². The van der Waals surface area contributed by atoms with Crippen LogP contribution in [0.5, 0.6) is 23.0 Å². The van der Waals surface area contributed by atoms with Crippen molar-refractivity contribution in [2.75, 3.05) is 0 Å². The third-order valence-corrected chi connectivity index (χ3v) is 10.3. The third-order valence-electron chi connectivity index (χ3n) is 10.3. The average Bonchev–Trinajstić information content (AvgIpc) is 3.09. The molecule has 0 saturated heterocycles. The van der Waals surface area contributed by atoms with Crippen LogP contribution in [-0.2, 0) is 20.4 Å². The normalized spacial score (nSPS) is 12.8. The number of allylic oxidation sites excluding steroid dienone is 4. The molecule has 0 fully saturated rings. The lowest BCUT2D eigenvalue weighted by molar-refractivity contribution is -0.132. The van der Waals surface area contributed by atoms with Gasteiger partial charge in [-0.05, 0) is 81.6 Å². The Bertz CT molecular complexity index is 2180. The molecule has 0 N–H and O–H groups in total. The van der Waals surface area contributed by atoms with E-state index in [1.54, 1.807) is 0 Å². The molecule has 0 heterocycles. The van der Waals surface area contributed by atoms with Gasteiger partial charge in [0.15, 0.2) is 0 Å². The molecule has 4 rings (SSSR count). The monoisotopic (exact) mass is 762 g/mol. The van der Waals surface area contributed by atoms with Crippen molar-refractivity contribution in [1.82, 2.24) is 0 Å². The van der Waals surface area contributed by atoms with Gasteiger partial charge in [0.05, 0.1) is 0 Å². The van der Waals surface area contributed by atoms with Gasteiger partial charge in [0.1, 0.15) is 23.0 Å². The number of ether oxygens (including phenoxy) is 4. The van der Waals surface area contributed by atoms with E-state index in [2.05, 4.69) is 81.4 Å². The second kappa shape index (κ2) is 17.9. The van der Waals surface area contributed by atoms with Gasteiger partial charge in [-0.15, -0.1) is 0 Å². The van der Waals surface area contributed by atoms with Crippen LogP contribution < -0.4 is 18.9 Å². The molecule has 0 atom stereocenters. The molecule has 0 amide bonds. The fourth-order valence-electron chi connectivity index (χ4n) is 8.10. The molecule has 56 heavy (non-hydrogen) atoms. The number of rotatable bonds is 14. The van der Waals surface area contributed by atoms with Crippen molar-refractivity contribution in [3.63, 3.8) is 0 Å². The standard InChI is InChI=1S/C49H62O7/c1-29(2)27-31(5)23-25-48(11,12)41-34(8)44(38-20-16-17-21-39(38)45(41)54-36(10)51)55-47(52)56-46-40-22-18-15-19-37(40)43(53-35(9)50)33(7)42(46)49(13,14)26-24-32(6)28-30(3)4/h15-24,29-30H,25-28H2,1-14H3/b31-23+,32-24+. The summed E-state index contributed by atoms with van der Waals surface area (Å²) in [5, 5.41) is 2.53. The first-order valence-corrected chi connectivity index (χ1v) is 19.8. The predicted molar refractivity (Wildman–Crippen MR) is 228 cm³/mol. The first-order valence-electron chi connectivity index (χ1n) is 19.8. The van der Waals surface area contributed by atoms with Gasteiger partial charge in [0.2, 0.25) is 0 Å². The van der Waals surface area contributed by atoms with Crippen molar-refractivity contribution in [2.24, 2.45) is 11.8 Å². The highest BCUT2D eigenvalue weighted by atomic mass is 16.7. The van der Waals surface area contributed by atoms with Gasteiger partial charge in [-0.3, -0.25) is 9.59 Å². The van der Waals surface area contributed by atoms with Crippen LogP contribution >= 0.6 is 0 Å². The molecule has 300 valence electrons. The summed E-state index contributed by atoms with van der Waals surface area (Å²) in [7, 11) is 0. The van der Waals surface area contributed by atoms with E-state index in [0.717, 1.165) is 24.0 Å². The molecule has 0 saturated carbocycles. The maximum absolute atomic E-state index is 14.4. The lowest BCUT2D eigenvalue weighted by Crippen LogP contribution is -2.24. The molecule has 0 aromatic heterocycles. The second-order valence-electron chi connectivity index (χ2n) is 17.5. The van der Waals surface area contributed by atoms with E-state index in [1.807, 2.05) is 62.4 Å². The Labute approximate surface area is 334 Å². The van der Waals surface area contributed by atoms with Crippen LogP contribution in [0, 0.1) is 25.7 Å². The summed E-state index contributed by atoms with van der Waals surface area (Å²) in [5.41, 5.74) is 4.40. The minimum absolute atomic E-state index is 0.332. The van der Waals surface area contributed by atoms with Crippen molar-refractivity contribution in [1.29, 1.82) is 0 Å². The van der Waals surface area contributed by atoms with E-state index < -0.39 is 28.9 Å². The second-order valence-corrected chi connectivity index (χ2v) is 17.5. The summed E-state index contributed by atoms with van der Waals surface area (Å²) in [6.07, 6.45) is 6.85. The minimum Gasteiger partial charge on any atom is -0.426 e. The topological polar surface area (TPSA) is 88.1 Å². The summed E-state index contributed by atoms with van der Waals surface area (Å²) in [5.74, 6) is 1.74. The Morgan fingerprint density at radius 1 is 0.536 bits per heavy atom. The molecule has 7 heteroatoms. The molecule has 4 aromatic carbocycles. The number of hydrogen-bond acceptors (Lipinski definition) is 7. The van der Waals surface area contributed by atoms with Gasteiger partial charge in [-0.25, -0.2) is 4.79 Å². The van der Waals surface area contributed by atoms with E-state index in [9.17, 15) is 14.4 Å². The number of fused-ring (bicyclic) bond motifs is 2. The third kappa shape index (κ3) is 10.3. The molecule has 0 aliphatic rings. The highest BCUT2D eigenvalue weighted by Crippen LogP contribution is 2.49. The number of benzene rings is 4. The zero-order chi connectivity index (χ0) is 41.7. The molecule has 0 aliphatic heterocycles. The molecular formula is C49H62O7. The fraction of sp³-hybridized carbons (Fsp3) is 0.449. The predicted octanol–water partition coefficient (Wildman–Crippen LogP) is 13.4. The maximum Gasteiger partial charge on any atom is 0.519 e. The van der Waals surface area contributed by atoms with Gasteiger partial charge >= 0.3 is 18.1 Å². The van der Waals surface area contributed by atoms with Gasteiger partial charge in [-0.1, -0.05) is 127 Å². The largest absolute Gasteiger partial charge is 0.519 e. The highest BCUT2D eigenvalue weighted by Gasteiger charge is 2.34. The Hall–Kier alpha value is -4.91. The van der Waals surface area contributed by atoms with E-state index in [4.69, 9.17) is 18.9 Å². The Balaban J connectivity index is 1.93. The summed E-state index contributed by atoms with van der Waals surface area (Å²) in [6.45, 7) is 28.1. The van der Waals surface area contributed by atoms with Crippen molar-refractivity contribution in [3.05, 3.63) is 94.1 Å². The SMILES string of the molecule is CC(=O)Oc1c(C)c(C(C)(C)C/C=C(\C)CC(C)C)c(OC(=O)Oc2c(C)c(C(C)(C)C/C=C(\C)CC(C)C)c(OC(C)=O)c3ccccc23)c2ccccc12. The van der Waals surface area contributed by atoms with Crippen LogP contribution in [0.1, 0.15) is 131 Å². The molecular weight excluding hydrogens is 701 g/mol. The molecule has 0 radical (unpaired) electrons. The molecule has 4 aromatic rings. The summed E-state index contributed by atoms with van der Waals surface area (Å²) < 4.78 is 24.6. The van der Waals surface area contributed by atoms with Gasteiger partial charge < -0.3 is 18.9 Å². The lowest BCUT2D eigenvalue weighted by Gasteiger charge is -2.31. The van der Waals surface area contributed by atoms with Crippen LogP contribution in [0.2, 0.25) is 0 Å². The first-order chi connectivity index (χ1) is 26.1. The minimum atomic E-state index is -0.914. The van der Waals surface area contributed by atoms with Gasteiger partial charge in [-0.2, -0.15) is 0 Å². The van der Waals surface area contributed by atoms with Crippen LogP contribution in [0.4, 0.5) is 4.79 Å². The number of carbonyl (C=O) groups is 3. The van der Waals surface area contributed by atoms with Crippen LogP contribution in [0.3, 0.4) is 0 Å². The Morgan fingerprint density at radius 2 is 0.839 bits per heavy atom. The van der Waals surface area contributed by atoms with Gasteiger partial charge in [0.25, 0.3) is 0 Å². The number of esters is 2.